The highest BCUT2D eigenvalue weighted by atomic mass is 16.6. The first-order valence-corrected chi connectivity index (χ1v) is 7.13. The molecule has 3 rings (SSSR count). The van der Waals surface area contributed by atoms with Crippen molar-refractivity contribution in [2.45, 2.75) is 38.4 Å². The summed E-state index contributed by atoms with van der Waals surface area (Å²) in [5.74, 6) is -2.40. The fourth-order valence-corrected chi connectivity index (χ4v) is 2.69. The molecule has 2 aliphatic rings. The van der Waals surface area contributed by atoms with Crippen molar-refractivity contribution in [1.29, 1.82) is 0 Å². The maximum Gasteiger partial charge on any atom is 0.323 e. The van der Waals surface area contributed by atoms with Crippen molar-refractivity contribution >= 4 is 17.9 Å². The average molecular weight is 304 g/mol. The third kappa shape index (κ3) is 2.34. The van der Waals surface area contributed by atoms with Gasteiger partial charge in [0.05, 0.1) is 6.42 Å². The van der Waals surface area contributed by atoms with Crippen LogP contribution in [-0.4, -0.2) is 29.1 Å². The Morgan fingerprint density at radius 2 is 2.00 bits per heavy atom. The lowest BCUT2D eigenvalue weighted by molar-refractivity contribution is -0.167. The van der Waals surface area contributed by atoms with Crippen LogP contribution in [0, 0.1) is 12.3 Å². The Hall–Kier alpha value is -2.37. The summed E-state index contributed by atoms with van der Waals surface area (Å²) in [7, 11) is 0. The fraction of sp³-hybridized carbons (Fsp3) is 0.438. The molecule has 1 saturated carbocycles. The van der Waals surface area contributed by atoms with Gasteiger partial charge in [0, 0.05) is 0 Å². The smallest absolute Gasteiger partial charge is 0.323 e. The third-order valence-electron chi connectivity index (χ3n) is 4.27. The minimum atomic E-state index is -1.43. The van der Waals surface area contributed by atoms with Gasteiger partial charge in [0.25, 0.3) is 0 Å². The van der Waals surface area contributed by atoms with E-state index in [0.29, 0.717) is 0 Å². The number of aryl methyl sites for hydroxylation is 1. The fourth-order valence-electron chi connectivity index (χ4n) is 2.69. The molecule has 0 radical (unpaired) electrons. The topological polar surface area (TPSA) is 89.9 Å². The molecule has 1 saturated heterocycles. The monoisotopic (exact) mass is 304 g/mol. The van der Waals surface area contributed by atoms with E-state index in [-0.39, 0.29) is 19.3 Å². The van der Waals surface area contributed by atoms with Gasteiger partial charge in [0.1, 0.15) is 0 Å². The van der Waals surface area contributed by atoms with Crippen molar-refractivity contribution in [2.24, 2.45) is 5.41 Å². The SMILES string of the molecule is Cc1ccccc1[C@H]1OC(=O)C[C@@H]1OC(=O)C1(C(=O)O)CC1. The first-order valence-electron chi connectivity index (χ1n) is 7.13. The second-order valence-electron chi connectivity index (χ2n) is 5.80. The van der Waals surface area contributed by atoms with Crippen LogP contribution in [0.25, 0.3) is 0 Å². The predicted molar refractivity (Wildman–Crippen MR) is 73.8 cm³/mol. The molecule has 1 N–H and O–H groups in total. The molecule has 6 heteroatoms. The Kier molecular flexibility index (Phi) is 3.39. The summed E-state index contributed by atoms with van der Waals surface area (Å²) in [6, 6.07) is 7.36. The highest BCUT2D eigenvalue weighted by Crippen LogP contribution is 2.48. The third-order valence-corrected chi connectivity index (χ3v) is 4.27. The van der Waals surface area contributed by atoms with Crippen LogP contribution < -0.4 is 0 Å². The van der Waals surface area contributed by atoms with Crippen LogP contribution in [-0.2, 0) is 23.9 Å². The Balaban J connectivity index is 1.80. The Labute approximate surface area is 127 Å². The molecule has 0 aromatic heterocycles. The van der Waals surface area contributed by atoms with Crippen molar-refractivity contribution in [3.05, 3.63) is 35.4 Å². The van der Waals surface area contributed by atoms with Crippen LogP contribution in [0.4, 0.5) is 0 Å². The summed E-state index contributed by atoms with van der Waals surface area (Å²) in [5.41, 5.74) is 0.260. The number of ether oxygens (including phenoxy) is 2. The highest BCUT2D eigenvalue weighted by Gasteiger charge is 2.59. The lowest BCUT2D eigenvalue weighted by Gasteiger charge is -2.21. The summed E-state index contributed by atoms with van der Waals surface area (Å²) in [4.78, 5) is 34.9. The van der Waals surface area contributed by atoms with E-state index in [1.807, 2.05) is 31.2 Å². The van der Waals surface area contributed by atoms with Crippen LogP contribution in [0.2, 0.25) is 0 Å². The first-order chi connectivity index (χ1) is 10.4. The number of esters is 2. The van der Waals surface area contributed by atoms with E-state index in [2.05, 4.69) is 0 Å². The molecule has 116 valence electrons. The summed E-state index contributed by atoms with van der Waals surface area (Å²) in [6.45, 7) is 1.88. The van der Waals surface area contributed by atoms with Crippen LogP contribution >= 0.6 is 0 Å². The molecular weight excluding hydrogens is 288 g/mol. The van der Waals surface area contributed by atoms with Crippen molar-refractivity contribution in [3.8, 4) is 0 Å². The zero-order valence-corrected chi connectivity index (χ0v) is 12.1. The van der Waals surface area contributed by atoms with Crippen LogP contribution in [0.3, 0.4) is 0 Å². The minimum absolute atomic E-state index is 0.0551. The molecule has 0 spiro atoms. The molecule has 0 unspecified atom stereocenters. The normalized spacial score (nSPS) is 25.4. The summed E-state index contributed by atoms with van der Waals surface area (Å²) >= 11 is 0. The number of hydrogen-bond acceptors (Lipinski definition) is 5. The Morgan fingerprint density at radius 1 is 1.32 bits per heavy atom. The molecule has 1 aliphatic carbocycles. The zero-order valence-electron chi connectivity index (χ0n) is 12.1. The number of benzene rings is 1. The number of aliphatic carboxylic acids is 1. The van der Waals surface area contributed by atoms with Gasteiger partial charge < -0.3 is 14.6 Å². The van der Waals surface area contributed by atoms with Gasteiger partial charge in [-0.2, -0.15) is 0 Å². The highest BCUT2D eigenvalue weighted by molar-refractivity contribution is 6.02. The molecule has 1 aliphatic heterocycles. The van der Waals surface area contributed by atoms with Gasteiger partial charge in [-0.1, -0.05) is 24.3 Å². The Bertz CT molecular complexity index is 646. The lowest BCUT2D eigenvalue weighted by Crippen LogP contribution is -2.32. The largest absolute Gasteiger partial charge is 0.480 e. The van der Waals surface area contributed by atoms with Crippen molar-refractivity contribution in [2.75, 3.05) is 0 Å². The minimum Gasteiger partial charge on any atom is -0.480 e. The van der Waals surface area contributed by atoms with Gasteiger partial charge in [0.2, 0.25) is 0 Å². The number of carboxylic acid groups (broad SMARTS) is 1. The Morgan fingerprint density at radius 3 is 2.59 bits per heavy atom. The molecule has 0 bridgehead atoms. The molecule has 0 amide bonds. The zero-order chi connectivity index (χ0) is 15.9. The van der Waals surface area contributed by atoms with Gasteiger partial charge >= 0.3 is 17.9 Å². The van der Waals surface area contributed by atoms with Gasteiger partial charge in [-0.25, -0.2) is 0 Å². The van der Waals surface area contributed by atoms with E-state index in [1.54, 1.807) is 0 Å². The van der Waals surface area contributed by atoms with E-state index in [0.717, 1.165) is 11.1 Å². The average Bonchev–Trinajstić information content (AvgIpc) is 3.20. The van der Waals surface area contributed by atoms with E-state index in [1.165, 1.54) is 0 Å². The van der Waals surface area contributed by atoms with Crippen molar-refractivity contribution in [1.82, 2.24) is 0 Å². The number of carbonyl (C=O) groups is 3. The maximum atomic E-state index is 12.1. The number of hydrogen-bond donors (Lipinski definition) is 1. The van der Waals surface area contributed by atoms with Crippen LogP contribution in [0.5, 0.6) is 0 Å². The second-order valence-corrected chi connectivity index (χ2v) is 5.80. The van der Waals surface area contributed by atoms with E-state index in [9.17, 15) is 14.4 Å². The summed E-state index contributed by atoms with van der Waals surface area (Å²) in [6.07, 6.45) is -0.962. The molecule has 6 nitrogen and oxygen atoms in total. The van der Waals surface area contributed by atoms with Crippen molar-refractivity contribution < 1.29 is 29.0 Å². The molecule has 2 atom stereocenters. The number of carboxylic acids is 1. The summed E-state index contributed by atoms with van der Waals surface area (Å²) < 4.78 is 10.6. The predicted octanol–water partition coefficient (Wildman–Crippen LogP) is 1.76. The van der Waals surface area contributed by atoms with Crippen LogP contribution in [0.15, 0.2) is 24.3 Å². The second kappa shape index (κ2) is 5.12. The van der Waals surface area contributed by atoms with Gasteiger partial charge in [-0.05, 0) is 30.9 Å². The van der Waals surface area contributed by atoms with E-state index in [4.69, 9.17) is 14.6 Å². The molecular formula is C16H16O6. The van der Waals surface area contributed by atoms with Gasteiger partial charge in [-0.3, -0.25) is 14.4 Å². The van der Waals surface area contributed by atoms with Gasteiger partial charge in [-0.15, -0.1) is 0 Å². The molecule has 2 fully saturated rings. The maximum absolute atomic E-state index is 12.1. The number of rotatable bonds is 4. The quantitative estimate of drug-likeness (QED) is 0.673. The first kappa shape index (κ1) is 14.6. The lowest BCUT2D eigenvalue weighted by atomic mass is 9.99. The molecule has 22 heavy (non-hydrogen) atoms. The molecule has 1 heterocycles. The van der Waals surface area contributed by atoms with Crippen molar-refractivity contribution in [3.63, 3.8) is 0 Å². The number of carbonyl (C=O) groups excluding carboxylic acids is 2. The standard InChI is InChI=1S/C16H16O6/c1-9-4-2-3-5-10(9)13-11(8-12(17)22-13)21-15(20)16(6-7-16)14(18)19/h2-5,11,13H,6-8H2,1H3,(H,18,19)/t11-,13+/m0/s1. The summed E-state index contributed by atoms with van der Waals surface area (Å²) in [5, 5.41) is 9.13. The molecule has 1 aromatic rings. The molecule has 1 aromatic carbocycles. The van der Waals surface area contributed by atoms with Gasteiger partial charge in [0.15, 0.2) is 17.6 Å². The van der Waals surface area contributed by atoms with E-state index >= 15 is 0 Å². The van der Waals surface area contributed by atoms with Crippen LogP contribution in [0.1, 0.15) is 36.5 Å². The number of cyclic esters (lactones) is 1. The van der Waals surface area contributed by atoms with E-state index < -0.39 is 35.5 Å².